The summed E-state index contributed by atoms with van der Waals surface area (Å²) in [5.41, 5.74) is 1.52. The third-order valence-electron chi connectivity index (χ3n) is 5.82. The zero-order valence-corrected chi connectivity index (χ0v) is 17.4. The van der Waals surface area contributed by atoms with Crippen molar-refractivity contribution in [2.75, 3.05) is 24.5 Å². The van der Waals surface area contributed by atoms with Crippen LogP contribution >= 0.6 is 0 Å². The van der Waals surface area contributed by atoms with Crippen LogP contribution in [-0.4, -0.2) is 38.3 Å². The summed E-state index contributed by atoms with van der Waals surface area (Å²) < 4.78 is 54.4. The van der Waals surface area contributed by atoms with Gasteiger partial charge in [0, 0.05) is 37.7 Å². The van der Waals surface area contributed by atoms with E-state index < -0.39 is 21.7 Å². The molecule has 0 spiro atoms. The van der Waals surface area contributed by atoms with Crippen LogP contribution < -0.4 is 4.90 Å². The van der Waals surface area contributed by atoms with Gasteiger partial charge in [0.05, 0.1) is 10.6 Å². The van der Waals surface area contributed by atoms with E-state index in [0.29, 0.717) is 43.7 Å². The molecule has 160 valence electrons. The molecule has 1 amide bonds. The van der Waals surface area contributed by atoms with Gasteiger partial charge >= 0.3 is 0 Å². The van der Waals surface area contributed by atoms with Gasteiger partial charge in [0.1, 0.15) is 11.6 Å². The van der Waals surface area contributed by atoms with E-state index in [4.69, 9.17) is 0 Å². The minimum absolute atomic E-state index is 0.176. The number of halogens is 2. The SMILES string of the molecule is O=C(CCc1ccc(S(=O)(=O)N2CCCCC2)cc1)N1CCc2c(F)cc(F)cc21. The predicted octanol–water partition coefficient (Wildman–Crippen LogP) is 3.66. The maximum atomic E-state index is 13.9. The molecular formula is C22H24F2N2O3S. The van der Waals surface area contributed by atoms with Gasteiger partial charge in [0.2, 0.25) is 15.9 Å². The molecule has 2 heterocycles. The van der Waals surface area contributed by atoms with Gasteiger partial charge in [0.15, 0.2) is 0 Å². The average Bonchev–Trinajstić information content (AvgIpc) is 3.17. The van der Waals surface area contributed by atoms with E-state index in [2.05, 4.69) is 0 Å². The van der Waals surface area contributed by atoms with E-state index in [1.54, 1.807) is 24.3 Å². The number of nitrogens with zero attached hydrogens (tertiary/aromatic N) is 2. The molecule has 5 nitrogen and oxygen atoms in total. The van der Waals surface area contributed by atoms with Crippen LogP contribution in [-0.2, 0) is 27.7 Å². The van der Waals surface area contributed by atoms with Crippen molar-refractivity contribution < 1.29 is 22.0 Å². The molecule has 2 aromatic rings. The van der Waals surface area contributed by atoms with Crippen molar-refractivity contribution in [1.29, 1.82) is 0 Å². The summed E-state index contributed by atoms with van der Waals surface area (Å²) in [6.07, 6.45) is 3.79. The normalized spacial score (nSPS) is 17.2. The minimum Gasteiger partial charge on any atom is -0.312 e. The first-order chi connectivity index (χ1) is 14.4. The molecule has 0 bridgehead atoms. The molecule has 2 aliphatic rings. The highest BCUT2D eigenvalue weighted by atomic mass is 32.2. The molecule has 2 aliphatic heterocycles. The number of carbonyl (C=O) groups is 1. The van der Waals surface area contributed by atoms with E-state index >= 15 is 0 Å². The number of carbonyl (C=O) groups excluding carboxylic acids is 1. The molecule has 0 saturated carbocycles. The lowest BCUT2D eigenvalue weighted by Crippen LogP contribution is -2.35. The summed E-state index contributed by atoms with van der Waals surface area (Å²) in [4.78, 5) is 14.3. The first kappa shape index (κ1) is 20.9. The van der Waals surface area contributed by atoms with Crippen molar-refractivity contribution in [3.05, 3.63) is 59.2 Å². The number of amides is 1. The largest absolute Gasteiger partial charge is 0.312 e. The van der Waals surface area contributed by atoms with Crippen molar-refractivity contribution >= 4 is 21.6 Å². The van der Waals surface area contributed by atoms with Crippen LogP contribution in [0, 0.1) is 11.6 Å². The summed E-state index contributed by atoms with van der Waals surface area (Å²) in [5.74, 6) is -1.52. The molecular weight excluding hydrogens is 410 g/mol. The van der Waals surface area contributed by atoms with E-state index in [-0.39, 0.29) is 17.2 Å². The van der Waals surface area contributed by atoms with Gasteiger partial charge in [-0.1, -0.05) is 18.6 Å². The Morgan fingerprint density at radius 3 is 2.37 bits per heavy atom. The molecule has 2 aromatic carbocycles. The molecule has 0 aromatic heterocycles. The molecule has 1 saturated heterocycles. The van der Waals surface area contributed by atoms with Gasteiger partial charge in [-0.2, -0.15) is 4.31 Å². The lowest BCUT2D eigenvalue weighted by molar-refractivity contribution is -0.118. The van der Waals surface area contributed by atoms with Crippen LogP contribution in [0.2, 0.25) is 0 Å². The Bertz CT molecular complexity index is 1050. The molecule has 0 aliphatic carbocycles. The highest BCUT2D eigenvalue weighted by Gasteiger charge is 2.28. The van der Waals surface area contributed by atoms with E-state index in [1.807, 2.05) is 0 Å². The first-order valence-corrected chi connectivity index (χ1v) is 11.7. The van der Waals surface area contributed by atoms with Crippen molar-refractivity contribution in [1.82, 2.24) is 4.31 Å². The third kappa shape index (κ3) is 4.11. The zero-order chi connectivity index (χ0) is 21.3. The topological polar surface area (TPSA) is 57.7 Å². The number of benzene rings is 2. The van der Waals surface area contributed by atoms with Gasteiger partial charge < -0.3 is 4.90 Å². The van der Waals surface area contributed by atoms with Gasteiger partial charge in [0.25, 0.3) is 0 Å². The number of hydrogen-bond donors (Lipinski definition) is 0. The summed E-state index contributed by atoms with van der Waals surface area (Å²) in [7, 11) is -3.48. The minimum atomic E-state index is -3.48. The lowest BCUT2D eigenvalue weighted by atomic mass is 10.1. The number of rotatable bonds is 5. The standard InChI is InChI=1S/C22H24F2N2O3S/c23-17-14-20(24)19-10-13-26(21(19)15-17)22(27)9-6-16-4-7-18(8-5-16)30(28,29)25-11-2-1-3-12-25/h4-5,7-8,14-15H,1-3,6,9-13H2. The summed E-state index contributed by atoms with van der Waals surface area (Å²) in [6.45, 7) is 1.44. The maximum Gasteiger partial charge on any atom is 0.243 e. The van der Waals surface area contributed by atoms with Crippen LogP contribution in [0.15, 0.2) is 41.3 Å². The van der Waals surface area contributed by atoms with E-state index in [1.165, 1.54) is 15.3 Å². The fraction of sp³-hybridized carbons (Fsp3) is 0.409. The molecule has 0 N–H and O–H groups in total. The zero-order valence-electron chi connectivity index (χ0n) is 16.6. The number of piperidine rings is 1. The van der Waals surface area contributed by atoms with E-state index in [9.17, 15) is 22.0 Å². The lowest BCUT2D eigenvalue weighted by Gasteiger charge is -2.25. The second-order valence-corrected chi connectivity index (χ2v) is 9.73. The molecule has 8 heteroatoms. The van der Waals surface area contributed by atoms with Crippen LogP contribution in [0.25, 0.3) is 0 Å². The van der Waals surface area contributed by atoms with Crippen LogP contribution in [0.3, 0.4) is 0 Å². The second kappa shape index (κ2) is 8.43. The molecule has 4 rings (SSSR count). The fourth-order valence-corrected chi connectivity index (χ4v) is 5.67. The fourth-order valence-electron chi connectivity index (χ4n) is 4.15. The van der Waals surface area contributed by atoms with Crippen molar-refractivity contribution in [2.45, 2.75) is 43.4 Å². The first-order valence-electron chi connectivity index (χ1n) is 10.2. The Balaban J connectivity index is 1.40. The van der Waals surface area contributed by atoms with Gasteiger partial charge in [-0.15, -0.1) is 0 Å². The Morgan fingerprint density at radius 1 is 0.967 bits per heavy atom. The Kier molecular flexibility index (Phi) is 5.88. The predicted molar refractivity (Wildman–Crippen MR) is 110 cm³/mol. The number of hydrogen-bond acceptors (Lipinski definition) is 3. The maximum absolute atomic E-state index is 13.9. The number of fused-ring (bicyclic) bond motifs is 1. The highest BCUT2D eigenvalue weighted by molar-refractivity contribution is 7.89. The molecule has 30 heavy (non-hydrogen) atoms. The highest BCUT2D eigenvalue weighted by Crippen LogP contribution is 2.32. The monoisotopic (exact) mass is 434 g/mol. The number of aryl methyl sites for hydroxylation is 1. The van der Waals surface area contributed by atoms with Gasteiger partial charge in [-0.05, 0) is 49.4 Å². The smallest absolute Gasteiger partial charge is 0.243 e. The Labute approximate surface area is 175 Å². The third-order valence-corrected chi connectivity index (χ3v) is 7.73. The summed E-state index contributed by atoms with van der Waals surface area (Å²) in [6, 6.07) is 8.65. The van der Waals surface area contributed by atoms with E-state index in [0.717, 1.165) is 30.9 Å². The number of sulfonamides is 1. The summed E-state index contributed by atoms with van der Waals surface area (Å²) >= 11 is 0. The van der Waals surface area contributed by atoms with Crippen LogP contribution in [0.1, 0.15) is 36.8 Å². The van der Waals surface area contributed by atoms with Crippen molar-refractivity contribution in [3.8, 4) is 0 Å². The summed E-state index contributed by atoms with van der Waals surface area (Å²) in [5, 5.41) is 0. The van der Waals surface area contributed by atoms with Crippen LogP contribution in [0.4, 0.5) is 14.5 Å². The van der Waals surface area contributed by atoms with Crippen molar-refractivity contribution in [3.63, 3.8) is 0 Å². The average molecular weight is 435 g/mol. The van der Waals surface area contributed by atoms with Crippen LogP contribution in [0.5, 0.6) is 0 Å². The Morgan fingerprint density at radius 2 is 1.67 bits per heavy atom. The molecule has 0 radical (unpaired) electrons. The quantitative estimate of drug-likeness (QED) is 0.722. The second-order valence-electron chi connectivity index (χ2n) is 7.79. The van der Waals surface area contributed by atoms with Gasteiger partial charge in [-0.25, -0.2) is 17.2 Å². The number of anilines is 1. The van der Waals surface area contributed by atoms with Crippen molar-refractivity contribution in [2.24, 2.45) is 0 Å². The Hall–Kier alpha value is -2.32. The van der Waals surface area contributed by atoms with Gasteiger partial charge in [-0.3, -0.25) is 4.79 Å². The molecule has 0 unspecified atom stereocenters. The molecule has 1 fully saturated rings. The molecule has 0 atom stereocenters.